The molecule has 7 nitrogen and oxygen atoms in total. The van der Waals surface area contributed by atoms with Crippen molar-refractivity contribution in [1.29, 1.82) is 10.5 Å². The molecular weight excluding hydrogens is 388 g/mol. The third-order valence-corrected chi connectivity index (χ3v) is 7.01. The first-order valence-electron chi connectivity index (χ1n) is 9.21. The average molecular weight is 406 g/mol. The second-order valence-corrected chi connectivity index (χ2v) is 9.55. The summed E-state index contributed by atoms with van der Waals surface area (Å²) in [6.45, 7) is 1.28. The lowest BCUT2D eigenvalue weighted by atomic mass is 9.93. The predicted octanol–water partition coefficient (Wildman–Crippen LogP) is 1.89. The Morgan fingerprint density at radius 1 is 1.00 bits per heavy atom. The Morgan fingerprint density at radius 3 is 2.31 bits per heavy atom. The molecule has 0 N–H and O–H groups in total. The van der Waals surface area contributed by atoms with Crippen LogP contribution in [0.1, 0.15) is 27.0 Å². The molecular formula is C21H18N4O3S. The van der Waals surface area contributed by atoms with Gasteiger partial charge in [0.2, 0.25) is 0 Å². The molecule has 8 heteroatoms. The van der Waals surface area contributed by atoms with Gasteiger partial charge in [0, 0.05) is 18.7 Å². The maximum atomic E-state index is 13.1. The molecule has 2 heterocycles. The number of carbonyl (C=O) groups excluding carboxylic acids is 1. The van der Waals surface area contributed by atoms with E-state index in [-0.39, 0.29) is 30.5 Å². The van der Waals surface area contributed by atoms with Crippen molar-refractivity contribution < 1.29 is 13.2 Å². The Labute approximate surface area is 169 Å². The van der Waals surface area contributed by atoms with Gasteiger partial charge in [0.05, 0.1) is 36.2 Å². The van der Waals surface area contributed by atoms with Gasteiger partial charge in [-0.25, -0.2) is 8.42 Å². The number of fused-ring (bicyclic) bond motifs is 1. The molecule has 0 saturated carbocycles. The van der Waals surface area contributed by atoms with Gasteiger partial charge in [-0.1, -0.05) is 12.1 Å². The van der Waals surface area contributed by atoms with Crippen LogP contribution >= 0.6 is 0 Å². The zero-order valence-corrected chi connectivity index (χ0v) is 16.4. The summed E-state index contributed by atoms with van der Waals surface area (Å²) in [6.07, 6.45) is 2.16. The first kappa shape index (κ1) is 19.0. The second kappa shape index (κ2) is 7.23. The van der Waals surface area contributed by atoms with Crippen molar-refractivity contribution in [1.82, 2.24) is 9.80 Å². The molecule has 146 valence electrons. The summed E-state index contributed by atoms with van der Waals surface area (Å²) < 4.78 is 23.3. The van der Waals surface area contributed by atoms with Crippen molar-refractivity contribution in [2.45, 2.75) is 13.1 Å². The lowest BCUT2D eigenvalue weighted by molar-refractivity contribution is 0.0770. The van der Waals surface area contributed by atoms with Crippen LogP contribution in [-0.2, 0) is 22.9 Å². The molecule has 2 aliphatic rings. The van der Waals surface area contributed by atoms with Crippen molar-refractivity contribution in [3.8, 4) is 23.4 Å². The van der Waals surface area contributed by atoms with Crippen LogP contribution in [-0.4, -0.2) is 48.7 Å². The number of amides is 1. The number of sulfone groups is 1. The highest BCUT2D eigenvalue weighted by Gasteiger charge is 2.28. The van der Waals surface area contributed by atoms with Gasteiger partial charge in [-0.3, -0.25) is 4.79 Å². The highest BCUT2D eigenvalue weighted by atomic mass is 32.2. The number of nitriles is 2. The summed E-state index contributed by atoms with van der Waals surface area (Å²) in [7, 11) is -3.07. The molecule has 1 fully saturated rings. The molecule has 0 aromatic heterocycles. The minimum absolute atomic E-state index is 0.0195. The normalized spacial score (nSPS) is 17.3. The van der Waals surface area contributed by atoms with E-state index in [4.69, 9.17) is 5.26 Å². The first-order chi connectivity index (χ1) is 13.9. The standard InChI is InChI=1S/C21H18N4O3S/c22-11-15-1-3-16(4-2-15)19-10-17(9-18-12-24(14-23)13-20(18)19)21(26)25-5-7-29(27,28)8-6-25/h1-4,9-10H,5-8,12-13H2. The SMILES string of the molecule is N#Cc1ccc(-c2cc(C(=O)N3CCS(=O)(=O)CC3)cc3c2CN(C#N)C3)cc1. The van der Waals surface area contributed by atoms with Crippen LogP contribution in [0.4, 0.5) is 0 Å². The predicted molar refractivity (Wildman–Crippen MR) is 106 cm³/mol. The van der Waals surface area contributed by atoms with Crippen LogP contribution < -0.4 is 0 Å². The van der Waals surface area contributed by atoms with Gasteiger partial charge in [0.1, 0.15) is 0 Å². The number of rotatable bonds is 2. The molecule has 0 spiro atoms. The second-order valence-electron chi connectivity index (χ2n) is 7.25. The lowest BCUT2D eigenvalue weighted by Crippen LogP contribution is -2.43. The fourth-order valence-corrected chi connectivity index (χ4v) is 4.99. The van der Waals surface area contributed by atoms with Crippen LogP contribution in [0.15, 0.2) is 36.4 Å². The Kier molecular flexibility index (Phi) is 4.73. The number of hydrogen-bond acceptors (Lipinski definition) is 6. The van der Waals surface area contributed by atoms with Crippen molar-refractivity contribution >= 4 is 15.7 Å². The fraction of sp³-hybridized carbons (Fsp3) is 0.286. The van der Waals surface area contributed by atoms with Crippen molar-refractivity contribution in [2.75, 3.05) is 24.6 Å². The quantitative estimate of drug-likeness (QED) is 0.705. The van der Waals surface area contributed by atoms with Crippen molar-refractivity contribution in [3.05, 3.63) is 58.7 Å². The fourth-order valence-electron chi connectivity index (χ4n) is 3.79. The molecule has 0 bridgehead atoms. The Morgan fingerprint density at radius 2 is 1.69 bits per heavy atom. The highest BCUT2D eigenvalue weighted by Crippen LogP contribution is 2.34. The van der Waals surface area contributed by atoms with E-state index in [0.29, 0.717) is 24.2 Å². The van der Waals surface area contributed by atoms with E-state index in [2.05, 4.69) is 12.3 Å². The molecule has 4 rings (SSSR count). The molecule has 1 amide bonds. The molecule has 2 aromatic carbocycles. The molecule has 0 atom stereocenters. The molecule has 0 unspecified atom stereocenters. The van der Waals surface area contributed by atoms with E-state index in [9.17, 15) is 18.5 Å². The molecule has 1 saturated heterocycles. The minimum atomic E-state index is -3.07. The van der Waals surface area contributed by atoms with E-state index < -0.39 is 9.84 Å². The van der Waals surface area contributed by atoms with Crippen LogP contribution in [0.2, 0.25) is 0 Å². The van der Waals surface area contributed by atoms with E-state index in [1.54, 1.807) is 21.9 Å². The number of nitrogens with zero attached hydrogens (tertiary/aromatic N) is 4. The molecule has 29 heavy (non-hydrogen) atoms. The smallest absolute Gasteiger partial charge is 0.253 e. The zero-order valence-electron chi connectivity index (χ0n) is 15.6. The van der Waals surface area contributed by atoms with Crippen LogP contribution in [0.3, 0.4) is 0 Å². The molecule has 2 aromatic rings. The Bertz CT molecular complexity index is 1160. The number of carbonyl (C=O) groups is 1. The van der Waals surface area contributed by atoms with Gasteiger partial charge in [-0.15, -0.1) is 0 Å². The summed E-state index contributed by atoms with van der Waals surface area (Å²) in [5.41, 5.74) is 4.68. The van der Waals surface area contributed by atoms with Crippen LogP contribution in [0.25, 0.3) is 11.1 Å². The van der Waals surface area contributed by atoms with Gasteiger partial charge >= 0.3 is 0 Å². The number of hydrogen-bond donors (Lipinski definition) is 0. The highest BCUT2D eigenvalue weighted by molar-refractivity contribution is 7.91. The molecule has 0 radical (unpaired) electrons. The maximum Gasteiger partial charge on any atom is 0.253 e. The summed E-state index contributed by atoms with van der Waals surface area (Å²) >= 11 is 0. The lowest BCUT2D eigenvalue weighted by Gasteiger charge is -2.27. The average Bonchev–Trinajstić information content (AvgIpc) is 3.16. The van der Waals surface area contributed by atoms with E-state index in [1.165, 1.54) is 0 Å². The van der Waals surface area contributed by atoms with E-state index in [0.717, 1.165) is 22.3 Å². The van der Waals surface area contributed by atoms with Gasteiger partial charge in [0.15, 0.2) is 16.0 Å². The third-order valence-electron chi connectivity index (χ3n) is 5.40. The van der Waals surface area contributed by atoms with E-state index in [1.807, 2.05) is 24.3 Å². The zero-order chi connectivity index (χ0) is 20.6. The molecule has 2 aliphatic heterocycles. The maximum absolute atomic E-state index is 13.1. The topological polar surface area (TPSA) is 105 Å². The third kappa shape index (κ3) is 3.67. The monoisotopic (exact) mass is 406 g/mol. The summed E-state index contributed by atoms with van der Waals surface area (Å²) in [6, 6.07) is 12.8. The van der Waals surface area contributed by atoms with Crippen molar-refractivity contribution in [3.63, 3.8) is 0 Å². The van der Waals surface area contributed by atoms with Crippen molar-refractivity contribution in [2.24, 2.45) is 0 Å². The Balaban J connectivity index is 1.73. The minimum Gasteiger partial charge on any atom is -0.337 e. The van der Waals surface area contributed by atoms with Gasteiger partial charge in [-0.05, 0) is 46.5 Å². The summed E-state index contributed by atoms with van der Waals surface area (Å²) in [4.78, 5) is 16.3. The van der Waals surface area contributed by atoms with Crippen LogP contribution in [0.5, 0.6) is 0 Å². The number of benzene rings is 2. The largest absolute Gasteiger partial charge is 0.337 e. The Hall–Kier alpha value is -3.36. The molecule has 0 aliphatic carbocycles. The van der Waals surface area contributed by atoms with Gasteiger partial charge in [-0.2, -0.15) is 10.5 Å². The van der Waals surface area contributed by atoms with E-state index >= 15 is 0 Å². The first-order valence-corrected chi connectivity index (χ1v) is 11.0. The van der Waals surface area contributed by atoms with Gasteiger partial charge in [0.25, 0.3) is 5.91 Å². The van der Waals surface area contributed by atoms with Crippen LogP contribution in [0, 0.1) is 22.8 Å². The van der Waals surface area contributed by atoms with Gasteiger partial charge < -0.3 is 9.80 Å². The summed E-state index contributed by atoms with van der Waals surface area (Å²) in [5, 5.41) is 18.3. The summed E-state index contributed by atoms with van der Waals surface area (Å²) in [5.74, 6) is -0.240.